The van der Waals surface area contributed by atoms with Crippen LogP contribution < -0.4 is 10.6 Å². The molecule has 3 N–H and O–H groups in total. The number of rotatable bonds is 11. The number of alkyl carbamates (subject to hydrolysis) is 1. The molecular formula is C23H35N3O5. The number of nitrogens with zero attached hydrogens (tertiary/aromatic N) is 1. The van der Waals surface area contributed by atoms with Gasteiger partial charge in [0.25, 0.3) is 0 Å². The molecule has 2 atom stereocenters. The summed E-state index contributed by atoms with van der Waals surface area (Å²) in [6.45, 7) is 10.7. The van der Waals surface area contributed by atoms with E-state index in [0.717, 1.165) is 12.8 Å². The Morgan fingerprint density at radius 1 is 1.23 bits per heavy atom. The third-order valence-corrected chi connectivity index (χ3v) is 4.29. The van der Waals surface area contributed by atoms with Crippen molar-refractivity contribution in [1.82, 2.24) is 15.5 Å². The maximum atomic E-state index is 13.3. The van der Waals surface area contributed by atoms with Crippen LogP contribution in [0.5, 0.6) is 0 Å². The zero-order valence-electron chi connectivity index (χ0n) is 18.9. The number of unbranched alkanes of at least 4 members (excludes halogenated alkanes) is 1. The lowest BCUT2D eigenvalue weighted by Crippen LogP contribution is -2.54. The van der Waals surface area contributed by atoms with Crippen LogP contribution in [0.25, 0.3) is 0 Å². The Kier molecular flexibility index (Phi) is 10.8. The molecule has 0 fully saturated rings. The number of benzene rings is 1. The van der Waals surface area contributed by atoms with E-state index >= 15 is 0 Å². The highest BCUT2D eigenvalue weighted by Crippen LogP contribution is 2.22. The van der Waals surface area contributed by atoms with Crippen LogP contribution in [0.15, 0.2) is 43.0 Å². The average molecular weight is 434 g/mol. The van der Waals surface area contributed by atoms with Gasteiger partial charge in [-0.3, -0.25) is 9.59 Å². The molecule has 0 saturated heterocycles. The molecule has 0 radical (unpaired) electrons. The second-order valence-electron chi connectivity index (χ2n) is 8.12. The van der Waals surface area contributed by atoms with E-state index in [0.29, 0.717) is 12.1 Å². The molecule has 0 heterocycles. The smallest absolute Gasteiger partial charge is 0.408 e. The Labute approximate surface area is 184 Å². The van der Waals surface area contributed by atoms with Crippen LogP contribution in [0.4, 0.5) is 4.79 Å². The van der Waals surface area contributed by atoms with Gasteiger partial charge in [0.2, 0.25) is 11.8 Å². The maximum absolute atomic E-state index is 13.3. The predicted molar refractivity (Wildman–Crippen MR) is 119 cm³/mol. The summed E-state index contributed by atoms with van der Waals surface area (Å²) in [6.07, 6.45) is 2.39. The monoisotopic (exact) mass is 433 g/mol. The number of carbonyl (C=O) groups is 3. The van der Waals surface area contributed by atoms with Gasteiger partial charge in [0.15, 0.2) is 0 Å². The van der Waals surface area contributed by atoms with Crippen molar-refractivity contribution >= 4 is 17.9 Å². The highest BCUT2D eigenvalue weighted by molar-refractivity contribution is 5.92. The molecule has 1 aromatic carbocycles. The van der Waals surface area contributed by atoms with Crippen molar-refractivity contribution in [1.29, 1.82) is 0 Å². The summed E-state index contributed by atoms with van der Waals surface area (Å²) in [5, 5.41) is 15.0. The average Bonchev–Trinajstić information content (AvgIpc) is 2.71. The number of hydrogen-bond donors (Lipinski definition) is 3. The largest absolute Gasteiger partial charge is 0.444 e. The molecule has 31 heavy (non-hydrogen) atoms. The molecular weight excluding hydrogens is 398 g/mol. The van der Waals surface area contributed by atoms with Gasteiger partial charge in [-0.15, -0.1) is 6.58 Å². The number of aliphatic hydroxyl groups excluding tert-OH is 1. The molecule has 0 aliphatic carbocycles. The van der Waals surface area contributed by atoms with E-state index in [1.807, 2.05) is 13.0 Å². The maximum Gasteiger partial charge on any atom is 0.408 e. The van der Waals surface area contributed by atoms with E-state index in [9.17, 15) is 19.5 Å². The van der Waals surface area contributed by atoms with E-state index < -0.39 is 36.3 Å². The molecule has 1 aromatic rings. The van der Waals surface area contributed by atoms with Crippen molar-refractivity contribution in [3.05, 3.63) is 48.6 Å². The number of amides is 3. The van der Waals surface area contributed by atoms with Crippen molar-refractivity contribution < 1.29 is 24.2 Å². The van der Waals surface area contributed by atoms with Crippen molar-refractivity contribution in [3.63, 3.8) is 0 Å². The zero-order valence-corrected chi connectivity index (χ0v) is 18.9. The highest BCUT2D eigenvalue weighted by atomic mass is 16.6. The predicted octanol–water partition coefficient (Wildman–Crippen LogP) is 2.54. The van der Waals surface area contributed by atoms with Crippen LogP contribution in [-0.4, -0.2) is 59.3 Å². The van der Waals surface area contributed by atoms with Gasteiger partial charge in [0.1, 0.15) is 17.7 Å². The number of nitrogens with one attached hydrogen (secondary N) is 2. The Bertz CT molecular complexity index is 730. The second kappa shape index (κ2) is 12.7. The second-order valence-corrected chi connectivity index (χ2v) is 8.12. The summed E-state index contributed by atoms with van der Waals surface area (Å²) in [5.41, 5.74) is -0.152. The summed E-state index contributed by atoms with van der Waals surface area (Å²) < 4.78 is 5.19. The van der Waals surface area contributed by atoms with Gasteiger partial charge in [0.05, 0.1) is 6.61 Å². The standard InChI is InChI=1S/C23H35N3O5/c1-6-8-14-24-20(28)19(17-12-10-9-11-13-17)26(15-7-2)21(29)18(16-27)25-22(30)31-23(3,4)5/h7,9-13,18-19,27H,2,6,8,14-16H2,1,3-5H3,(H,24,28)(H,25,30). The molecule has 0 aliphatic heterocycles. The van der Waals surface area contributed by atoms with E-state index in [-0.39, 0.29) is 12.5 Å². The van der Waals surface area contributed by atoms with Crippen molar-refractivity contribution in [2.24, 2.45) is 0 Å². The van der Waals surface area contributed by atoms with E-state index in [1.54, 1.807) is 45.0 Å². The van der Waals surface area contributed by atoms with Crippen LogP contribution in [-0.2, 0) is 14.3 Å². The Hall–Kier alpha value is -2.87. The van der Waals surface area contributed by atoms with Gasteiger partial charge < -0.3 is 25.4 Å². The Balaban J connectivity index is 3.19. The van der Waals surface area contributed by atoms with Crippen LogP contribution in [0.3, 0.4) is 0 Å². The fraction of sp³-hybridized carbons (Fsp3) is 0.522. The molecule has 0 aromatic heterocycles. The fourth-order valence-electron chi connectivity index (χ4n) is 2.89. The van der Waals surface area contributed by atoms with Gasteiger partial charge in [-0.2, -0.15) is 0 Å². The minimum atomic E-state index is -1.27. The number of hydrogen-bond acceptors (Lipinski definition) is 5. The topological polar surface area (TPSA) is 108 Å². The zero-order chi connectivity index (χ0) is 23.4. The molecule has 0 saturated carbocycles. The molecule has 0 spiro atoms. The van der Waals surface area contributed by atoms with Gasteiger partial charge in [-0.25, -0.2) is 4.79 Å². The Morgan fingerprint density at radius 2 is 1.87 bits per heavy atom. The van der Waals surface area contributed by atoms with Crippen molar-refractivity contribution in [2.45, 2.75) is 58.2 Å². The van der Waals surface area contributed by atoms with Crippen LogP contribution in [0.2, 0.25) is 0 Å². The van der Waals surface area contributed by atoms with Crippen LogP contribution in [0, 0.1) is 0 Å². The molecule has 172 valence electrons. The molecule has 3 amide bonds. The molecule has 0 bridgehead atoms. The quantitative estimate of drug-likeness (QED) is 0.367. The molecule has 0 aliphatic rings. The molecule has 8 heteroatoms. The van der Waals surface area contributed by atoms with Crippen LogP contribution >= 0.6 is 0 Å². The summed E-state index contributed by atoms with van der Waals surface area (Å²) in [5.74, 6) is -0.962. The highest BCUT2D eigenvalue weighted by Gasteiger charge is 2.35. The normalized spacial score (nSPS) is 12.9. The number of aliphatic hydroxyl groups is 1. The van der Waals surface area contributed by atoms with E-state index in [4.69, 9.17) is 4.74 Å². The minimum Gasteiger partial charge on any atom is -0.444 e. The molecule has 2 unspecified atom stereocenters. The van der Waals surface area contributed by atoms with E-state index in [2.05, 4.69) is 17.2 Å². The first kappa shape index (κ1) is 26.2. The lowest BCUT2D eigenvalue weighted by molar-refractivity contribution is -0.142. The summed E-state index contributed by atoms with van der Waals surface area (Å²) in [6, 6.07) is 6.66. The minimum absolute atomic E-state index is 0.0477. The SMILES string of the molecule is C=CCN(C(=O)C(CO)NC(=O)OC(C)(C)C)C(C(=O)NCCCC)c1ccccc1. The summed E-state index contributed by atoms with van der Waals surface area (Å²) in [4.78, 5) is 39.8. The fourth-order valence-corrected chi connectivity index (χ4v) is 2.89. The van der Waals surface area contributed by atoms with Gasteiger partial charge >= 0.3 is 6.09 Å². The van der Waals surface area contributed by atoms with Gasteiger partial charge in [-0.05, 0) is 32.8 Å². The first-order valence-electron chi connectivity index (χ1n) is 10.5. The van der Waals surface area contributed by atoms with Gasteiger partial charge in [-0.1, -0.05) is 49.8 Å². The van der Waals surface area contributed by atoms with Gasteiger partial charge in [0, 0.05) is 13.1 Å². The summed E-state index contributed by atoms with van der Waals surface area (Å²) >= 11 is 0. The number of carbonyl (C=O) groups excluding carboxylic acids is 3. The third-order valence-electron chi connectivity index (χ3n) is 4.29. The summed E-state index contributed by atoms with van der Waals surface area (Å²) in [7, 11) is 0. The first-order chi connectivity index (χ1) is 14.6. The molecule has 8 nitrogen and oxygen atoms in total. The Morgan fingerprint density at radius 3 is 2.39 bits per heavy atom. The first-order valence-corrected chi connectivity index (χ1v) is 10.5. The van der Waals surface area contributed by atoms with Crippen molar-refractivity contribution in [3.8, 4) is 0 Å². The van der Waals surface area contributed by atoms with Crippen LogP contribution in [0.1, 0.15) is 52.1 Å². The molecule has 1 rings (SSSR count). The van der Waals surface area contributed by atoms with Crippen molar-refractivity contribution in [2.75, 3.05) is 19.7 Å². The van der Waals surface area contributed by atoms with E-state index in [1.165, 1.54) is 11.0 Å². The lowest BCUT2D eigenvalue weighted by Gasteiger charge is -2.33. The number of ether oxygens (including phenoxy) is 1. The lowest BCUT2D eigenvalue weighted by atomic mass is 10.0. The third kappa shape index (κ3) is 8.80.